The molecule has 10 nitrogen and oxygen atoms in total. The largest absolute Gasteiger partial charge is 0.492 e. The summed E-state index contributed by atoms with van der Waals surface area (Å²) in [6.07, 6.45) is 5.35. The normalized spacial score (nSPS) is 11.1. The number of anilines is 1. The molecule has 3 heterocycles. The minimum atomic E-state index is -0.360. The number of hydrogen-bond donors (Lipinski definition) is 2. The highest BCUT2D eigenvalue weighted by molar-refractivity contribution is 7.82. The number of rotatable bonds is 9. The lowest BCUT2D eigenvalue weighted by molar-refractivity contribution is 0.250. The Labute approximate surface area is 209 Å². The number of urea groups is 1. The van der Waals surface area contributed by atoms with Gasteiger partial charge in [-0.15, -0.1) is 0 Å². The highest BCUT2D eigenvalue weighted by atomic mass is 32.1. The monoisotopic (exact) mass is 492 g/mol. The van der Waals surface area contributed by atoms with Crippen LogP contribution in [0.4, 0.5) is 10.6 Å². The van der Waals surface area contributed by atoms with Gasteiger partial charge in [0.15, 0.2) is 5.65 Å². The number of hydrogen-bond acceptors (Lipinski definition) is 8. The van der Waals surface area contributed by atoms with Crippen LogP contribution in [0, 0.1) is 0 Å². The third kappa shape index (κ3) is 6.25. The zero-order valence-electron chi connectivity index (χ0n) is 19.9. The van der Waals surface area contributed by atoms with E-state index in [1.165, 1.54) is 0 Å². The maximum Gasteiger partial charge on any atom is 0.333 e. The van der Waals surface area contributed by atoms with E-state index in [-0.39, 0.29) is 6.03 Å². The van der Waals surface area contributed by atoms with E-state index in [0.717, 1.165) is 27.7 Å². The van der Waals surface area contributed by atoms with E-state index in [0.29, 0.717) is 42.4 Å². The van der Waals surface area contributed by atoms with Crippen molar-refractivity contribution in [2.24, 2.45) is 0 Å². The number of nitrogens with one attached hydrogen (secondary N) is 1. The van der Waals surface area contributed by atoms with Gasteiger partial charge in [0.2, 0.25) is 0 Å². The molecule has 2 amide bonds. The Kier molecular flexibility index (Phi) is 7.78. The van der Waals surface area contributed by atoms with Gasteiger partial charge < -0.3 is 15.0 Å². The van der Waals surface area contributed by atoms with Crippen molar-refractivity contribution in [1.29, 1.82) is 0 Å². The van der Waals surface area contributed by atoms with Crippen LogP contribution in [0.5, 0.6) is 5.75 Å². The van der Waals surface area contributed by atoms with Gasteiger partial charge in [-0.25, -0.2) is 19.1 Å². The summed E-state index contributed by atoms with van der Waals surface area (Å²) in [7, 11) is 4.04. The second kappa shape index (κ2) is 11.2. The van der Waals surface area contributed by atoms with Crippen LogP contribution >= 0.6 is 12.8 Å². The van der Waals surface area contributed by atoms with Crippen molar-refractivity contribution >= 4 is 35.8 Å². The molecule has 0 aliphatic rings. The molecule has 1 aromatic carbocycles. The first kappa shape index (κ1) is 24.4. The van der Waals surface area contributed by atoms with E-state index in [2.05, 4.69) is 43.1 Å². The van der Waals surface area contributed by atoms with Crippen molar-refractivity contribution in [2.75, 3.05) is 38.1 Å². The minimum Gasteiger partial charge on any atom is -0.492 e. The molecule has 0 aliphatic carbocycles. The van der Waals surface area contributed by atoms with Crippen LogP contribution in [0.15, 0.2) is 55.0 Å². The fourth-order valence-electron chi connectivity index (χ4n) is 3.28. The number of aromatic nitrogens is 5. The summed E-state index contributed by atoms with van der Waals surface area (Å²) in [6, 6.07) is 11.1. The van der Waals surface area contributed by atoms with E-state index < -0.39 is 0 Å². The molecule has 4 rings (SSSR count). The summed E-state index contributed by atoms with van der Waals surface area (Å²) in [5.74, 6) is 1.21. The number of nitrogens with zero attached hydrogens (tertiary/aromatic N) is 7. The van der Waals surface area contributed by atoms with Crippen LogP contribution in [0.3, 0.4) is 0 Å². The highest BCUT2D eigenvalue weighted by Gasteiger charge is 2.14. The molecule has 182 valence electrons. The molecule has 1 N–H and O–H groups in total. The number of amides is 2. The predicted molar refractivity (Wildman–Crippen MR) is 139 cm³/mol. The van der Waals surface area contributed by atoms with Crippen LogP contribution in [-0.4, -0.2) is 69.5 Å². The number of carbonyl (C=O) groups excluding carboxylic acids is 1. The van der Waals surface area contributed by atoms with E-state index in [1.54, 1.807) is 24.5 Å². The van der Waals surface area contributed by atoms with Gasteiger partial charge >= 0.3 is 6.03 Å². The van der Waals surface area contributed by atoms with Crippen molar-refractivity contribution < 1.29 is 9.53 Å². The van der Waals surface area contributed by atoms with Gasteiger partial charge in [0.25, 0.3) is 0 Å². The highest BCUT2D eigenvalue weighted by Crippen LogP contribution is 2.22. The fourth-order valence-corrected chi connectivity index (χ4v) is 3.46. The SMILES string of the molecule is CCNC(=O)N(S)c1ccc2ncc(-c3cnn(Cc4ccc(OCCN(C)C)cc4)c3)nc2n1. The van der Waals surface area contributed by atoms with Crippen LogP contribution in [0.25, 0.3) is 22.4 Å². The number of pyridine rings is 1. The number of carbonyl (C=O) groups is 1. The Balaban J connectivity index is 1.46. The molecule has 11 heteroatoms. The Hall–Kier alpha value is -3.70. The van der Waals surface area contributed by atoms with Crippen molar-refractivity contribution in [1.82, 2.24) is 34.9 Å². The first-order valence-corrected chi connectivity index (χ1v) is 11.6. The molecule has 0 radical (unpaired) electrons. The summed E-state index contributed by atoms with van der Waals surface area (Å²) in [5, 5.41) is 7.15. The summed E-state index contributed by atoms with van der Waals surface area (Å²) < 4.78 is 8.74. The molecule has 0 fully saturated rings. The van der Waals surface area contributed by atoms with Gasteiger partial charge in [-0.3, -0.25) is 9.67 Å². The Morgan fingerprint density at radius 1 is 1.11 bits per heavy atom. The standard InChI is InChI=1S/C24H28N8O2S/c1-4-25-24(33)32(35)22-10-9-20-23(29-22)28-21(14-26-20)18-13-27-31(16-18)15-17-5-7-19(8-6-17)34-12-11-30(2)3/h5-10,13-14,16,35H,4,11-12,15H2,1-3H3,(H,25,33). The van der Waals surface area contributed by atoms with Gasteiger partial charge in [-0.05, 0) is 50.8 Å². The van der Waals surface area contributed by atoms with E-state index in [9.17, 15) is 4.79 Å². The number of likely N-dealkylation sites (N-methyl/N-ethyl adjacent to an activating group) is 1. The summed E-state index contributed by atoms with van der Waals surface area (Å²) in [5.41, 5.74) is 3.61. The summed E-state index contributed by atoms with van der Waals surface area (Å²) >= 11 is 4.24. The first-order valence-electron chi connectivity index (χ1n) is 11.2. The summed E-state index contributed by atoms with van der Waals surface area (Å²) in [4.78, 5) is 27.7. The fraction of sp³-hybridized carbons (Fsp3) is 0.292. The van der Waals surface area contributed by atoms with Gasteiger partial charge in [0.05, 0.1) is 24.6 Å². The lowest BCUT2D eigenvalue weighted by Crippen LogP contribution is -2.34. The number of benzene rings is 1. The Morgan fingerprint density at radius 3 is 2.66 bits per heavy atom. The molecule has 35 heavy (non-hydrogen) atoms. The molecular formula is C24H28N8O2S. The van der Waals surface area contributed by atoms with E-state index >= 15 is 0 Å². The zero-order valence-corrected chi connectivity index (χ0v) is 20.8. The van der Waals surface area contributed by atoms with Crippen molar-refractivity contribution in [3.8, 4) is 17.0 Å². The molecular weight excluding hydrogens is 464 g/mol. The molecule has 0 bridgehead atoms. The minimum absolute atomic E-state index is 0.360. The number of ether oxygens (including phenoxy) is 1. The average molecular weight is 493 g/mol. The Morgan fingerprint density at radius 2 is 1.91 bits per heavy atom. The van der Waals surface area contributed by atoms with Gasteiger partial charge in [0.1, 0.15) is 23.7 Å². The van der Waals surface area contributed by atoms with Crippen LogP contribution in [-0.2, 0) is 6.54 Å². The second-order valence-electron chi connectivity index (χ2n) is 8.14. The predicted octanol–water partition coefficient (Wildman–Crippen LogP) is 3.26. The van der Waals surface area contributed by atoms with Crippen LogP contribution in [0.2, 0.25) is 0 Å². The van der Waals surface area contributed by atoms with Crippen molar-refractivity contribution in [2.45, 2.75) is 13.5 Å². The van der Waals surface area contributed by atoms with Gasteiger partial charge in [0, 0.05) is 24.8 Å². The number of thiol groups is 1. The molecule has 0 spiro atoms. The molecule has 0 atom stereocenters. The maximum atomic E-state index is 12.1. The summed E-state index contributed by atoms with van der Waals surface area (Å²) in [6.45, 7) is 4.46. The topological polar surface area (TPSA) is 101 Å². The smallest absolute Gasteiger partial charge is 0.333 e. The Bertz CT molecular complexity index is 1290. The van der Waals surface area contributed by atoms with Gasteiger partial charge in [-0.2, -0.15) is 5.10 Å². The van der Waals surface area contributed by atoms with E-state index in [4.69, 9.17) is 4.74 Å². The molecule has 0 unspecified atom stereocenters. The first-order chi connectivity index (χ1) is 16.9. The number of fused-ring (bicyclic) bond motifs is 1. The average Bonchev–Trinajstić information content (AvgIpc) is 3.32. The molecule has 0 saturated carbocycles. The maximum absolute atomic E-state index is 12.1. The van der Waals surface area contributed by atoms with Crippen molar-refractivity contribution in [3.63, 3.8) is 0 Å². The quantitative estimate of drug-likeness (QED) is 0.346. The molecule has 3 aromatic heterocycles. The zero-order chi connectivity index (χ0) is 24.8. The van der Waals surface area contributed by atoms with Crippen LogP contribution in [0.1, 0.15) is 12.5 Å². The molecule has 4 aromatic rings. The van der Waals surface area contributed by atoms with E-state index in [1.807, 2.05) is 56.2 Å². The lowest BCUT2D eigenvalue weighted by Gasteiger charge is -2.14. The molecule has 0 aliphatic heterocycles. The molecule has 0 saturated heterocycles. The third-order valence-corrected chi connectivity index (χ3v) is 5.52. The lowest BCUT2D eigenvalue weighted by atomic mass is 10.2. The van der Waals surface area contributed by atoms with Gasteiger partial charge in [-0.1, -0.05) is 24.9 Å². The second-order valence-corrected chi connectivity index (χ2v) is 8.54. The third-order valence-electron chi connectivity index (χ3n) is 5.13. The van der Waals surface area contributed by atoms with Crippen molar-refractivity contribution in [3.05, 3.63) is 60.6 Å². The van der Waals surface area contributed by atoms with Crippen LogP contribution < -0.4 is 14.4 Å².